The minimum atomic E-state index is 0.187. The van der Waals surface area contributed by atoms with Crippen LogP contribution in [0, 0.1) is 0 Å². The fourth-order valence-corrected chi connectivity index (χ4v) is 5.39. The SMILES string of the molecule is CN1CCN(C2CC3COC[C@@H](C2)N3)c2nnc(-c3ccc(-c4cnn(C)c4)cc3O)cc21. The maximum absolute atomic E-state index is 10.8. The maximum Gasteiger partial charge on any atom is 0.175 e. The van der Waals surface area contributed by atoms with Crippen molar-refractivity contribution in [1.29, 1.82) is 0 Å². The number of rotatable bonds is 3. The third kappa shape index (κ3) is 3.71. The molecule has 2 fully saturated rings. The smallest absolute Gasteiger partial charge is 0.175 e. The summed E-state index contributed by atoms with van der Waals surface area (Å²) in [7, 11) is 3.97. The molecule has 0 radical (unpaired) electrons. The second-order valence-corrected chi connectivity index (χ2v) is 9.41. The van der Waals surface area contributed by atoms with E-state index < -0.39 is 0 Å². The number of ether oxygens (including phenoxy) is 1. The van der Waals surface area contributed by atoms with Crippen LogP contribution in [0.25, 0.3) is 22.4 Å². The highest BCUT2D eigenvalue weighted by Gasteiger charge is 2.37. The molecule has 0 saturated carbocycles. The van der Waals surface area contributed by atoms with Crippen molar-refractivity contribution in [2.24, 2.45) is 7.05 Å². The zero-order valence-electron chi connectivity index (χ0n) is 19.0. The lowest BCUT2D eigenvalue weighted by Crippen LogP contribution is -2.60. The molecule has 5 heterocycles. The molecule has 2 unspecified atom stereocenters. The van der Waals surface area contributed by atoms with Gasteiger partial charge in [0.1, 0.15) is 5.75 Å². The van der Waals surface area contributed by atoms with Crippen molar-refractivity contribution in [2.45, 2.75) is 31.0 Å². The third-order valence-electron chi connectivity index (χ3n) is 7.09. The highest BCUT2D eigenvalue weighted by atomic mass is 16.5. The van der Waals surface area contributed by atoms with Gasteiger partial charge in [-0.3, -0.25) is 4.68 Å². The van der Waals surface area contributed by atoms with Gasteiger partial charge in [-0.25, -0.2) is 0 Å². The zero-order valence-corrected chi connectivity index (χ0v) is 19.0. The molecule has 0 aliphatic carbocycles. The second kappa shape index (κ2) is 8.00. The Morgan fingerprint density at radius 2 is 1.85 bits per heavy atom. The lowest BCUT2D eigenvalue weighted by Gasteiger charge is -2.47. The molecule has 33 heavy (non-hydrogen) atoms. The molecule has 0 spiro atoms. The van der Waals surface area contributed by atoms with Gasteiger partial charge in [0.2, 0.25) is 0 Å². The van der Waals surface area contributed by atoms with Crippen LogP contribution >= 0.6 is 0 Å². The van der Waals surface area contributed by atoms with Crippen LogP contribution in [0.4, 0.5) is 11.5 Å². The monoisotopic (exact) mass is 447 g/mol. The number of phenolic OH excluding ortho intramolecular Hbond substituents is 1. The maximum atomic E-state index is 10.8. The molecule has 2 bridgehead atoms. The number of benzene rings is 1. The molecule has 9 nitrogen and oxygen atoms in total. The Hall–Kier alpha value is -3.17. The number of piperidine rings is 1. The summed E-state index contributed by atoms with van der Waals surface area (Å²) in [4.78, 5) is 4.67. The van der Waals surface area contributed by atoms with Crippen molar-refractivity contribution in [3.05, 3.63) is 36.7 Å². The molecule has 3 aliphatic rings. The number of likely N-dealkylation sites (N-methyl/N-ethyl adjacent to an activating group) is 1. The van der Waals surface area contributed by atoms with Crippen molar-refractivity contribution in [3.63, 3.8) is 0 Å². The van der Waals surface area contributed by atoms with E-state index in [1.54, 1.807) is 16.9 Å². The first-order valence-corrected chi connectivity index (χ1v) is 11.6. The van der Waals surface area contributed by atoms with E-state index in [1.807, 2.05) is 25.4 Å². The van der Waals surface area contributed by atoms with Crippen molar-refractivity contribution in [3.8, 4) is 28.1 Å². The van der Waals surface area contributed by atoms with Crippen LogP contribution in [0.5, 0.6) is 5.75 Å². The van der Waals surface area contributed by atoms with E-state index in [2.05, 4.69) is 43.5 Å². The van der Waals surface area contributed by atoms with Crippen molar-refractivity contribution < 1.29 is 9.84 Å². The number of hydrogen-bond acceptors (Lipinski definition) is 8. The van der Waals surface area contributed by atoms with Crippen molar-refractivity contribution in [1.82, 2.24) is 25.3 Å². The van der Waals surface area contributed by atoms with E-state index in [9.17, 15) is 5.11 Å². The lowest BCUT2D eigenvalue weighted by atomic mass is 9.91. The van der Waals surface area contributed by atoms with E-state index in [4.69, 9.17) is 4.74 Å². The summed E-state index contributed by atoms with van der Waals surface area (Å²) >= 11 is 0. The number of anilines is 2. The topological polar surface area (TPSA) is 91.6 Å². The number of nitrogens with zero attached hydrogens (tertiary/aromatic N) is 6. The van der Waals surface area contributed by atoms with Crippen LogP contribution in [0.15, 0.2) is 36.7 Å². The van der Waals surface area contributed by atoms with E-state index >= 15 is 0 Å². The van der Waals surface area contributed by atoms with E-state index in [1.165, 1.54) is 0 Å². The largest absolute Gasteiger partial charge is 0.507 e. The van der Waals surface area contributed by atoms with Crippen molar-refractivity contribution >= 4 is 11.5 Å². The van der Waals surface area contributed by atoms with Gasteiger partial charge in [-0.05, 0) is 36.6 Å². The van der Waals surface area contributed by atoms with Crippen LogP contribution in [0.2, 0.25) is 0 Å². The fourth-order valence-electron chi connectivity index (χ4n) is 5.39. The summed E-state index contributed by atoms with van der Waals surface area (Å²) in [5.74, 6) is 1.12. The Kier molecular flexibility index (Phi) is 4.95. The van der Waals surface area contributed by atoms with Gasteiger partial charge in [-0.2, -0.15) is 5.10 Å². The van der Waals surface area contributed by atoms with Gasteiger partial charge in [-0.1, -0.05) is 6.07 Å². The molecule has 172 valence electrons. The number of aryl methyl sites for hydroxylation is 1. The second-order valence-electron chi connectivity index (χ2n) is 9.41. The Morgan fingerprint density at radius 3 is 2.58 bits per heavy atom. The number of nitrogens with one attached hydrogen (secondary N) is 1. The van der Waals surface area contributed by atoms with Gasteiger partial charge in [0.05, 0.1) is 30.8 Å². The van der Waals surface area contributed by atoms with Gasteiger partial charge in [0.25, 0.3) is 0 Å². The Labute approximate surface area is 193 Å². The minimum absolute atomic E-state index is 0.187. The van der Waals surface area contributed by atoms with Crippen LogP contribution < -0.4 is 15.1 Å². The Bertz CT molecular complexity index is 1170. The number of fused-ring (bicyclic) bond motifs is 3. The average Bonchev–Trinajstić information content (AvgIpc) is 3.25. The molecule has 2 saturated heterocycles. The van der Waals surface area contributed by atoms with E-state index in [0.717, 1.165) is 61.8 Å². The molecule has 9 heteroatoms. The molecule has 3 atom stereocenters. The summed E-state index contributed by atoms with van der Waals surface area (Å²) in [6.45, 7) is 3.44. The molecular formula is C24H29N7O2. The minimum Gasteiger partial charge on any atom is -0.507 e. The van der Waals surface area contributed by atoms with Gasteiger partial charge in [-0.15, -0.1) is 10.2 Å². The molecule has 2 aromatic heterocycles. The molecule has 6 rings (SSSR count). The highest BCUT2D eigenvalue weighted by molar-refractivity contribution is 5.79. The van der Waals surface area contributed by atoms with Crippen molar-refractivity contribution in [2.75, 3.05) is 43.2 Å². The number of morpholine rings is 1. The normalized spacial score (nSPS) is 24.6. The Morgan fingerprint density at radius 1 is 1.03 bits per heavy atom. The molecular weight excluding hydrogens is 418 g/mol. The summed E-state index contributed by atoms with van der Waals surface area (Å²) in [6, 6.07) is 8.96. The first kappa shape index (κ1) is 20.4. The number of phenols is 1. The summed E-state index contributed by atoms with van der Waals surface area (Å²) in [6.07, 6.45) is 5.83. The average molecular weight is 448 g/mol. The van der Waals surface area contributed by atoms with Gasteiger partial charge in [0, 0.05) is 62.6 Å². The van der Waals surface area contributed by atoms with E-state index in [0.29, 0.717) is 29.4 Å². The predicted octanol–water partition coefficient (Wildman–Crippen LogP) is 2.03. The summed E-state index contributed by atoms with van der Waals surface area (Å²) in [5.41, 5.74) is 4.29. The van der Waals surface area contributed by atoms with Gasteiger partial charge >= 0.3 is 0 Å². The molecule has 3 aliphatic heterocycles. The van der Waals surface area contributed by atoms with Crippen LogP contribution in [-0.2, 0) is 11.8 Å². The molecule has 1 aromatic carbocycles. The first-order valence-electron chi connectivity index (χ1n) is 11.6. The van der Waals surface area contributed by atoms with Crippen LogP contribution in [-0.4, -0.2) is 76.6 Å². The van der Waals surface area contributed by atoms with E-state index in [-0.39, 0.29) is 5.75 Å². The third-order valence-corrected chi connectivity index (χ3v) is 7.09. The predicted molar refractivity (Wildman–Crippen MR) is 127 cm³/mol. The zero-order chi connectivity index (χ0) is 22.5. The van der Waals surface area contributed by atoms with Crippen LogP contribution in [0.1, 0.15) is 12.8 Å². The Balaban J connectivity index is 1.31. The first-order chi connectivity index (χ1) is 16.0. The van der Waals surface area contributed by atoms with Gasteiger partial charge in [0.15, 0.2) is 5.82 Å². The van der Waals surface area contributed by atoms with Gasteiger partial charge < -0.3 is 25.0 Å². The highest BCUT2D eigenvalue weighted by Crippen LogP contribution is 2.39. The van der Waals surface area contributed by atoms with Crippen LogP contribution in [0.3, 0.4) is 0 Å². The fraction of sp³-hybridized carbons (Fsp3) is 0.458. The summed E-state index contributed by atoms with van der Waals surface area (Å²) < 4.78 is 7.48. The molecule has 0 amide bonds. The number of hydrogen-bond donors (Lipinski definition) is 2. The number of aromatic hydroxyl groups is 1. The quantitative estimate of drug-likeness (QED) is 0.630. The lowest BCUT2D eigenvalue weighted by molar-refractivity contribution is 0.0178. The standard InChI is InChI=1S/C24H29N7O2/c1-29-5-6-31(19-8-17-13-33-14-18(9-19)26-17)24-22(29)10-21(27-28-24)20-4-3-15(7-23(20)32)16-11-25-30(2)12-16/h3-4,7,10-12,17-19,26,32H,5-6,8-9,13-14H2,1-2H3/t17-,18?,19?/m1/s1. The molecule has 3 aromatic rings. The number of aromatic nitrogens is 4. The molecule has 2 N–H and O–H groups in total. The summed E-state index contributed by atoms with van der Waals surface area (Å²) in [5, 5.41) is 27.9.